The second kappa shape index (κ2) is 9.31. The number of rotatable bonds is 6. The van der Waals surface area contributed by atoms with Crippen LogP contribution in [-0.4, -0.2) is 34.5 Å². The summed E-state index contributed by atoms with van der Waals surface area (Å²) in [6.45, 7) is 0. The Morgan fingerprint density at radius 1 is 0.774 bits per heavy atom. The van der Waals surface area contributed by atoms with Crippen LogP contribution in [-0.2, 0) is 10.0 Å². The van der Waals surface area contributed by atoms with Crippen LogP contribution in [0.1, 0.15) is 10.4 Å². The van der Waals surface area contributed by atoms with Crippen LogP contribution in [0.25, 0.3) is 0 Å². The third-order valence-corrected chi connectivity index (χ3v) is 6.32. The van der Waals surface area contributed by atoms with Crippen LogP contribution >= 0.6 is 0 Å². The molecule has 3 N–H and O–H groups in total. The molecule has 0 aliphatic heterocycles. The summed E-state index contributed by atoms with van der Waals surface area (Å²) < 4.78 is 26.8. The van der Waals surface area contributed by atoms with Crippen molar-refractivity contribution in [1.29, 1.82) is 0 Å². The van der Waals surface area contributed by atoms with Crippen LogP contribution in [0.4, 0.5) is 21.9 Å². The lowest BCUT2D eigenvalue weighted by Gasteiger charge is -2.19. The van der Waals surface area contributed by atoms with E-state index in [1.165, 1.54) is 42.7 Å². The Hall–Kier alpha value is -3.85. The van der Waals surface area contributed by atoms with Gasteiger partial charge in [-0.15, -0.1) is 0 Å². The third kappa shape index (κ3) is 5.20. The van der Waals surface area contributed by atoms with Crippen molar-refractivity contribution in [2.24, 2.45) is 0 Å². The number of carbonyl (C=O) groups is 2. The molecule has 0 spiro atoms. The summed E-state index contributed by atoms with van der Waals surface area (Å²) in [7, 11) is -0.754. The van der Waals surface area contributed by atoms with Crippen LogP contribution in [0, 0.1) is 0 Å². The molecule has 3 rings (SSSR count). The molecular weight excluding hydrogens is 416 g/mol. The Balaban J connectivity index is 1.69. The van der Waals surface area contributed by atoms with Gasteiger partial charge < -0.3 is 16.0 Å². The second-order valence-electron chi connectivity index (χ2n) is 6.57. The Morgan fingerprint density at radius 2 is 1.32 bits per heavy atom. The highest BCUT2D eigenvalue weighted by Crippen LogP contribution is 2.22. The van der Waals surface area contributed by atoms with Gasteiger partial charge in [-0.3, -0.25) is 9.10 Å². The van der Waals surface area contributed by atoms with Gasteiger partial charge in [-0.1, -0.05) is 18.2 Å². The zero-order chi connectivity index (χ0) is 22.4. The molecule has 0 unspecified atom stereocenters. The van der Waals surface area contributed by atoms with Gasteiger partial charge in [-0.05, 0) is 60.7 Å². The maximum atomic E-state index is 12.8. The summed E-state index contributed by atoms with van der Waals surface area (Å²) in [4.78, 5) is 23.9. The molecule has 0 saturated heterocycles. The number of amides is 3. The van der Waals surface area contributed by atoms with E-state index in [9.17, 15) is 18.0 Å². The first kappa shape index (κ1) is 21.8. The topological polar surface area (TPSA) is 108 Å². The highest BCUT2D eigenvalue weighted by molar-refractivity contribution is 7.92. The van der Waals surface area contributed by atoms with E-state index < -0.39 is 10.0 Å². The molecule has 31 heavy (non-hydrogen) atoms. The molecule has 0 fully saturated rings. The van der Waals surface area contributed by atoms with E-state index in [-0.39, 0.29) is 16.8 Å². The molecule has 8 nitrogen and oxygen atoms in total. The lowest BCUT2D eigenvalue weighted by molar-refractivity contribution is 0.102. The highest BCUT2D eigenvalue weighted by Gasteiger charge is 2.21. The molecule has 0 atom stereocenters. The van der Waals surface area contributed by atoms with Gasteiger partial charge in [0.15, 0.2) is 0 Å². The average Bonchev–Trinajstić information content (AvgIpc) is 2.80. The van der Waals surface area contributed by atoms with Crippen LogP contribution in [0.5, 0.6) is 0 Å². The monoisotopic (exact) mass is 438 g/mol. The largest absolute Gasteiger partial charge is 0.341 e. The molecule has 0 bridgehead atoms. The van der Waals surface area contributed by atoms with E-state index >= 15 is 0 Å². The van der Waals surface area contributed by atoms with Gasteiger partial charge in [0.25, 0.3) is 15.9 Å². The summed E-state index contributed by atoms with van der Waals surface area (Å²) in [5.41, 5.74) is 1.97. The molecule has 0 heterocycles. The summed E-state index contributed by atoms with van der Waals surface area (Å²) >= 11 is 0. The summed E-state index contributed by atoms with van der Waals surface area (Å²) in [5, 5.41) is 7.80. The Labute approximate surface area is 180 Å². The first-order chi connectivity index (χ1) is 14.8. The van der Waals surface area contributed by atoms with Crippen molar-refractivity contribution in [3.63, 3.8) is 0 Å². The number of urea groups is 1. The number of nitrogens with one attached hydrogen (secondary N) is 3. The fraction of sp³-hybridized carbons (Fsp3) is 0.0909. The minimum Gasteiger partial charge on any atom is -0.341 e. The van der Waals surface area contributed by atoms with Gasteiger partial charge in [0.05, 0.1) is 10.6 Å². The first-order valence-electron chi connectivity index (χ1n) is 9.35. The zero-order valence-corrected chi connectivity index (χ0v) is 17.8. The van der Waals surface area contributed by atoms with E-state index in [0.717, 1.165) is 0 Å². The van der Waals surface area contributed by atoms with Crippen LogP contribution < -0.4 is 20.3 Å². The second-order valence-corrected chi connectivity index (χ2v) is 8.54. The average molecular weight is 439 g/mol. The number of benzene rings is 3. The fourth-order valence-electron chi connectivity index (χ4n) is 2.75. The van der Waals surface area contributed by atoms with Crippen molar-refractivity contribution in [3.05, 3.63) is 84.4 Å². The molecule has 0 radical (unpaired) electrons. The van der Waals surface area contributed by atoms with Crippen LogP contribution in [0.2, 0.25) is 0 Å². The van der Waals surface area contributed by atoms with Gasteiger partial charge in [-0.25, -0.2) is 13.2 Å². The molecule has 160 valence electrons. The molecule has 9 heteroatoms. The van der Waals surface area contributed by atoms with Crippen molar-refractivity contribution >= 4 is 39.0 Å². The Bertz CT molecular complexity index is 1160. The number of para-hydroxylation sites is 1. The summed E-state index contributed by atoms with van der Waals surface area (Å²) in [5.74, 6) is -0.382. The number of hydrogen-bond acceptors (Lipinski definition) is 4. The quantitative estimate of drug-likeness (QED) is 0.547. The molecule has 0 aliphatic carbocycles. The minimum absolute atomic E-state index is 0.0834. The molecule has 3 amide bonds. The number of hydrogen-bond donors (Lipinski definition) is 3. The number of anilines is 3. The highest BCUT2D eigenvalue weighted by atomic mass is 32.2. The number of carbonyl (C=O) groups excluding carboxylic acids is 2. The van der Waals surface area contributed by atoms with Gasteiger partial charge in [0.2, 0.25) is 0 Å². The minimum atomic E-state index is -3.75. The van der Waals surface area contributed by atoms with E-state index in [2.05, 4.69) is 16.0 Å². The van der Waals surface area contributed by atoms with Crippen LogP contribution in [0.15, 0.2) is 83.8 Å². The summed E-state index contributed by atoms with van der Waals surface area (Å²) in [6, 6.07) is 20.7. The lowest BCUT2D eigenvalue weighted by atomic mass is 10.2. The number of nitrogens with zero attached hydrogens (tertiary/aromatic N) is 1. The fourth-order valence-corrected chi connectivity index (χ4v) is 3.94. The molecule has 0 aromatic heterocycles. The zero-order valence-electron chi connectivity index (χ0n) is 17.0. The SMILES string of the molecule is CNC(=O)Nc1ccc(NC(=O)c2ccc(S(=O)(=O)N(C)c3ccccc3)cc2)cc1. The summed E-state index contributed by atoms with van der Waals surface area (Å²) in [6.07, 6.45) is 0. The molecular formula is C22H22N4O4S. The van der Waals surface area contributed by atoms with E-state index in [1.54, 1.807) is 48.5 Å². The molecule has 0 aliphatic rings. The molecule has 3 aromatic carbocycles. The van der Waals surface area contributed by atoms with Gasteiger partial charge >= 0.3 is 6.03 Å². The van der Waals surface area contributed by atoms with E-state index in [1.807, 2.05) is 6.07 Å². The van der Waals surface area contributed by atoms with Crippen molar-refractivity contribution in [2.45, 2.75) is 4.90 Å². The normalized spacial score (nSPS) is 10.8. The van der Waals surface area contributed by atoms with Crippen LogP contribution in [0.3, 0.4) is 0 Å². The van der Waals surface area contributed by atoms with E-state index in [0.29, 0.717) is 22.6 Å². The first-order valence-corrected chi connectivity index (χ1v) is 10.8. The predicted molar refractivity (Wildman–Crippen MR) is 121 cm³/mol. The van der Waals surface area contributed by atoms with Gasteiger partial charge in [0, 0.05) is 31.0 Å². The van der Waals surface area contributed by atoms with Crippen molar-refractivity contribution in [1.82, 2.24) is 5.32 Å². The molecule has 3 aromatic rings. The number of sulfonamides is 1. The lowest BCUT2D eigenvalue weighted by Crippen LogP contribution is -2.26. The Morgan fingerprint density at radius 3 is 1.87 bits per heavy atom. The van der Waals surface area contributed by atoms with Crippen molar-refractivity contribution in [3.8, 4) is 0 Å². The standard InChI is InChI=1S/C22H22N4O4S/c1-23-22(28)25-18-12-10-17(11-13-18)24-21(27)16-8-14-20(15-9-16)31(29,30)26(2)19-6-4-3-5-7-19/h3-15H,1-2H3,(H,24,27)(H2,23,25,28). The Kier molecular flexibility index (Phi) is 6.56. The van der Waals surface area contributed by atoms with Crippen molar-refractivity contribution < 1.29 is 18.0 Å². The predicted octanol–water partition coefficient (Wildman–Crippen LogP) is 3.52. The molecule has 0 saturated carbocycles. The van der Waals surface area contributed by atoms with E-state index in [4.69, 9.17) is 0 Å². The van der Waals surface area contributed by atoms with Gasteiger partial charge in [0.1, 0.15) is 0 Å². The third-order valence-electron chi connectivity index (χ3n) is 4.52. The smallest absolute Gasteiger partial charge is 0.318 e. The maximum Gasteiger partial charge on any atom is 0.318 e. The van der Waals surface area contributed by atoms with Gasteiger partial charge in [-0.2, -0.15) is 0 Å². The maximum absolute atomic E-state index is 12.8. The van der Waals surface area contributed by atoms with Crippen molar-refractivity contribution in [2.75, 3.05) is 29.0 Å².